The minimum Gasteiger partial charge on any atom is -0.492 e. The van der Waals surface area contributed by atoms with Gasteiger partial charge in [-0.25, -0.2) is 8.42 Å². The van der Waals surface area contributed by atoms with Crippen LogP contribution >= 0.6 is 0 Å². The topological polar surface area (TPSA) is 75.7 Å². The zero-order chi connectivity index (χ0) is 21.0. The highest BCUT2D eigenvalue weighted by Crippen LogP contribution is 2.28. The highest BCUT2D eigenvalue weighted by atomic mass is 32.2. The number of hydrogen-bond acceptors (Lipinski definition) is 4. The molecule has 0 aromatic heterocycles. The number of sulfonamides is 1. The van der Waals surface area contributed by atoms with Crippen molar-refractivity contribution in [2.45, 2.75) is 23.8 Å². The molecule has 0 saturated carbocycles. The number of carbonyl (C=O) groups excluding carboxylic acids is 1. The van der Waals surface area contributed by atoms with Crippen LogP contribution in [0.5, 0.6) is 5.75 Å². The summed E-state index contributed by atoms with van der Waals surface area (Å²) in [4.78, 5) is 12.9. The fourth-order valence-electron chi connectivity index (χ4n) is 3.73. The smallest absolute Gasteiger partial charge is 0.243 e. The molecule has 0 spiro atoms. The van der Waals surface area contributed by atoms with Crippen molar-refractivity contribution in [1.29, 1.82) is 0 Å². The number of hydrogen-bond donors (Lipinski definition) is 1. The molecule has 1 aliphatic rings. The van der Waals surface area contributed by atoms with Gasteiger partial charge in [0.1, 0.15) is 18.4 Å². The third-order valence-electron chi connectivity index (χ3n) is 5.25. The Morgan fingerprint density at radius 1 is 1.00 bits per heavy atom. The minimum atomic E-state index is -3.76. The van der Waals surface area contributed by atoms with E-state index in [1.165, 1.54) is 4.31 Å². The van der Waals surface area contributed by atoms with Gasteiger partial charge in [0.2, 0.25) is 15.9 Å². The van der Waals surface area contributed by atoms with Crippen LogP contribution in [0.1, 0.15) is 12.8 Å². The number of nitrogens with zero attached hydrogens (tertiary/aromatic N) is 1. The number of amides is 1. The molecule has 156 valence electrons. The van der Waals surface area contributed by atoms with Crippen LogP contribution in [0.2, 0.25) is 0 Å². The molecule has 30 heavy (non-hydrogen) atoms. The maximum Gasteiger partial charge on any atom is 0.243 e. The lowest BCUT2D eigenvalue weighted by Crippen LogP contribution is -2.46. The number of benzene rings is 3. The molecule has 0 radical (unpaired) electrons. The van der Waals surface area contributed by atoms with Gasteiger partial charge in [-0.2, -0.15) is 4.31 Å². The molecule has 0 aliphatic carbocycles. The summed E-state index contributed by atoms with van der Waals surface area (Å²) in [5.74, 6) is 0.446. The molecule has 1 saturated heterocycles. The molecule has 6 nitrogen and oxygen atoms in total. The molecule has 3 aromatic carbocycles. The molecule has 1 amide bonds. The lowest BCUT2D eigenvalue weighted by atomic mass is 10.1. The second kappa shape index (κ2) is 8.85. The summed E-state index contributed by atoms with van der Waals surface area (Å²) in [7, 11) is -3.76. The largest absolute Gasteiger partial charge is 0.492 e. The van der Waals surface area contributed by atoms with E-state index in [0.29, 0.717) is 32.5 Å². The van der Waals surface area contributed by atoms with Gasteiger partial charge in [0.25, 0.3) is 0 Å². The second-order valence-corrected chi connectivity index (χ2v) is 9.13. The van der Waals surface area contributed by atoms with E-state index in [-0.39, 0.29) is 10.8 Å². The lowest BCUT2D eigenvalue weighted by Gasteiger charge is -2.23. The first-order valence-corrected chi connectivity index (χ1v) is 11.5. The van der Waals surface area contributed by atoms with Crippen molar-refractivity contribution >= 4 is 26.7 Å². The summed E-state index contributed by atoms with van der Waals surface area (Å²) in [5.41, 5.74) is 0. The second-order valence-electron chi connectivity index (χ2n) is 7.24. The van der Waals surface area contributed by atoms with Crippen LogP contribution in [0.4, 0.5) is 0 Å². The average molecular weight is 425 g/mol. The van der Waals surface area contributed by atoms with E-state index in [1.54, 1.807) is 18.2 Å². The van der Waals surface area contributed by atoms with Gasteiger partial charge < -0.3 is 10.1 Å². The van der Waals surface area contributed by atoms with Gasteiger partial charge in [0.15, 0.2) is 0 Å². The monoisotopic (exact) mass is 424 g/mol. The van der Waals surface area contributed by atoms with Gasteiger partial charge in [-0.1, -0.05) is 48.5 Å². The van der Waals surface area contributed by atoms with E-state index >= 15 is 0 Å². The van der Waals surface area contributed by atoms with Crippen LogP contribution in [-0.2, 0) is 14.8 Å². The minimum absolute atomic E-state index is 0.216. The Morgan fingerprint density at radius 2 is 1.73 bits per heavy atom. The number of fused-ring (bicyclic) bond motifs is 1. The predicted octanol–water partition coefficient (Wildman–Crippen LogP) is 3.19. The molecule has 0 bridgehead atoms. The summed E-state index contributed by atoms with van der Waals surface area (Å²) in [6, 6.07) is 21.3. The van der Waals surface area contributed by atoms with Gasteiger partial charge in [0.05, 0.1) is 11.4 Å². The highest BCUT2D eigenvalue weighted by Gasteiger charge is 2.39. The maximum atomic E-state index is 13.2. The van der Waals surface area contributed by atoms with Crippen LogP contribution < -0.4 is 10.1 Å². The summed E-state index contributed by atoms with van der Waals surface area (Å²) in [5, 5.41) is 4.64. The summed E-state index contributed by atoms with van der Waals surface area (Å²) < 4.78 is 33.4. The van der Waals surface area contributed by atoms with Crippen molar-refractivity contribution in [3.05, 3.63) is 72.8 Å². The molecule has 3 aromatic rings. The molecule has 4 rings (SSSR count). The predicted molar refractivity (Wildman–Crippen MR) is 116 cm³/mol. The molecule has 7 heteroatoms. The van der Waals surface area contributed by atoms with Crippen LogP contribution in [0.15, 0.2) is 77.7 Å². The van der Waals surface area contributed by atoms with E-state index in [4.69, 9.17) is 4.74 Å². The molecule has 1 atom stereocenters. The third kappa shape index (κ3) is 4.32. The zero-order valence-corrected chi connectivity index (χ0v) is 17.3. The number of carbonyl (C=O) groups is 1. The normalized spacial score (nSPS) is 17.1. The Labute approximate surface area is 176 Å². The Bertz CT molecular complexity index is 1130. The van der Waals surface area contributed by atoms with Crippen molar-refractivity contribution in [2.24, 2.45) is 0 Å². The maximum absolute atomic E-state index is 13.2. The fourth-order valence-corrected chi connectivity index (χ4v) is 5.42. The number of ether oxygens (including phenoxy) is 1. The quantitative estimate of drug-likeness (QED) is 0.591. The van der Waals surface area contributed by atoms with Crippen LogP contribution in [0.3, 0.4) is 0 Å². The SMILES string of the molecule is O=C(NCCOc1ccccc1)C1CCCN1S(=O)(=O)c1ccc2ccccc2c1. The Hall–Kier alpha value is -2.90. The average Bonchev–Trinajstić information content (AvgIpc) is 3.28. The third-order valence-corrected chi connectivity index (χ3v) is 7.15. The van der Waals surface area contributed by atoms with Crippen LogP contribution in [-0.4, -0.2) is 44.4 Å². The highest BCUT2D eigenvalue weighted by molar-refractivity contribution is 7.89. The van der Waals surface area contributed by atoms with Gasteiger partial charge in [-0.05, 0) is 47.9 Å². The summed E-state index contributed by atoms with van der Waals surface area (Å²) in [6.07, 6.45) is 1.17. The first-order chi connectivity index (χ1) is 14.6. The van der Waals surface area contributed by atoms with E-state index in [0.717, 1.165) is 16.5 Å². The van der Waals surface area contributed by atoms with Crippen molar-refractivity contribution in [3.8, 4) is 5.75 Å². The molecule has 1 heterocycles. The van der Waals surface area contributed by atoms with Gasteiger partial charge in [-0.3, -0.25) is 4.79 Å². The van der Waals surface area contributed by atoms with E-state index in [1.807, 2.05) is 54.6 Å². The fraction of sp³-hybridized carbons (Fsp3) is 0.261. The number of nitrogens with one attached hydrogen (secondary N) is 1. The molecular weight excluding hydrogens is 400 g/mol. The van der Waals surface area contributed by atoms with Crippen molar-refractivity contribution in [3.63, 3.8) is 0 Å². The first-order valence-electron chi connectivity index (χ1n) is 10.0. The Morgan fingerprint density at radius 3 is 2.53 bits per heavy atom. The lowest BCUT2D eigenvalue weighted by molar-refractivity contribution is -0.124. The molecule has 1 N–H and O–H groups in total. The van der Waals surface area contributed by atoms with Gasteiger partial charge >= 0.3 is 0 Å². The zero-order valence-electron chi connectivity index (χ0n) is 16.5. The van der Waals surface area contributed by atoms with Gasteiger partial charge in [-0.15, -0.1) is 0 Å². The number of rotatable bonds is 7. The Balaban J connectivity index is 1.42. The first kappa shape index (κ1) is 20.4. The molecule has 1 fully saturated rings. The standard InChI is InChI=1S/C23H24N2O4S/c26-23(24-14-16-29-20-9-2-1-3-10-20)22-11-6-15-25(22)30(27,28)21-13-12-18-7-4-5-8-19(18)17-21/h1-5,7-10,12-13,17,22H,6,11,14-16H2,(H,24,26). The van der Waals surface area contributed by atoms with Crippen molar-refractivity contribution in [1.82, 2.24) is 9.62 Å². The molecule has 1 unspecified atom stereocenters. The number of para-hydroxylation sites is 1. The van der Waals surface area contributed by atoms with Crippen LogP contribution in [0.25, 0.3) is 10.8 Å². The van der Waals surface area contributed by atoms with Crippen LogP contribution in [0, 0.1) is 0 Å². The summed E-state index contributed by atoms with van der Waals surface area (Å²) in [6.45, 7) is 0.974. The molecule has 1 aliphatic heterocycles. The van der Waals surface area contributed by atoms with Crippen molar-refractivity contribution in [2.75, 3.05) is 19.7 Å². The van der Waals surface area contributed by atoms with Gasteiger partial charge in [0, 0.05) is 6.54 Å². The Kier molecular flexibility index (Phi) is 6.01. The van der Waals surface area contributed by atoms with Crippen molar-refractivity contribution < 1.29 is 17.9 Å². The summed E-state index contributed by atoms with van der Waals surface area (Å²) >= 11 is 0. The van der Waals surface area contributed by atoms with E-state index in [9.17, 15) is 13.2 Å². The van der Waals surface area contributed by atoms with E-state index in [2.05, 4.69) is 5.32 Å². The molecular formula is C23H24N2O4S. The van der Waals surface area contributed by atoms with E-state index < -0.39 is 16.1 Å².